The number of benzene rings is 3. The maximum absolute atomic E-state index is 14.4. The van der Waals surface area contributed by atoms with Gasteiger partial charge in [-0.1, -0.05) is 54.6 Å². The molecule has 56 heavy (non-hydrogen) atoms. The number of guanidine groups is 2. The van der Waals surface area contributed by atoms with Crippen LogP contribution in [0.15, 0.2) is 76.7 Å². The maximum Gasteiger partial charge on any atom is 0.246 e. The Morgan fingerprint density at radius 2 is 1.16 bits per heavy atom. The fraction of sp³-hybridized carbons (Fsp3) is 0.410. The summed E-state index contributed by atoms with van der Waals surface area (Å²) in [5.74, 6) is -3.23. The van der Waals surface area contributed by atoms with Gasteiger partial charge in [-0.25, -0.2) is 0 Å². The Morgan fingerprint density at radius 3 is 1.77 bits per heavy atom. The molecule has 298 valence electrons. The second kappa shape index (κ2) is 19.3. The van der Waals surface area contributed by atoms with E-state index in [-0.39, 0.29) is 69.4 Å². The average molecular weight is 770 g/mol. The largest absolute Gasteiger partial charge is 0.508 e. The lowest BCUT2D eigenvalue weighted by molar-refractivity contribution is -0.142. The van der Waals surface area contributed by atoms with E-state index in [1.807, 2.05) is 42.5 Å². The van der Waals surface area contributed by atoms with Gasteiger partial charge >= 0.3 is 0 Å². The van der Waals surface area contributed by atoms with Gasteiger partial charge in [-0.15, -0.1) is 0 Å². The minimum absolute atomic E-state index is 0.0280. The Bertz CT molecular complexity index is 1940. The number of hydrogen-bond donors (Lipinski definition) is 9. The van der Waals surface area contributed by atoms with Crippen molar-refractivity contribution in [3.05, 3.63) is 77.9 Å². The number of nitrogens with zero attached hydrogens (tertiary/aromatic N) is 3. The molecular weight excluding hydrogens is 718 g/mol. The Kier molecular flexibility index (Phi) is 14.0. The number of aliphatic imine (C=N–C) groups is 2. The van der Waals surface area contributed by atoms with Crippen molar-refractivity contribution in [1.82, 2.24) is 26.2 Å². The SMILES string of the molecule is NC(N)=NCCC[C@@H]1NC(=O)[C@H](Cc2ccc3ccccc3c2)NC(=O)[C@H]2CCCN2C(=O)[C@@H](Cc2ccc(O)cc2)NC(=O)[C@@H](CCCN=C(N)N)NC1=O. The van der Waals surface area contributed by atoms with Crippen molar-refractivity contribution in [3.63, 3.8) is 0 Å². The van der Waals surface area contributed by atoms with Gasteiger partial charge in [0.2, 0.25) is 29.5 Å². The first-order valence-electron chi connectivity index (χ1n) is 18.8. The molecule has 17 nitrogen and oxygen atoms in total. The topological polar surface area (TPSA) is 286 Å². The molecule has 2 heterocycles. The van der Waals surface area contributed by atoms with Crippen LogP contribution < -0.4 is 44.2 Å². The number of rotatable bonds is 12. The van der Waals surface area contributed by atoms with Crippen molar-refractivity contribution in [1.29, 1.82) is 0 Å². The zero-order chi connectivity index (χ0) is 40.2. The third-order valence-electron chi connectivity index (χ3n) is 9.87. The van der Waals surface area contributed by atoms with E-state index in [9.17, 15) is 29.1 Å². The van der Waals surface area contributed by atoms with E-state index in [0.29, 0.717) is 24.8 Å². The lowest BCUT2D eigenvalue weighted by Crippen LogP contribution is -2.58. The van der Waals surface area contributed by atoms with Crippen LogP contribution in [-0.4, -0.2) is 101 Å². The Labute approximate surface area is 324 Å². The van der Waals surface area contributed by atoms with E-state index in [4.69, 9.17) is 22.9 Å². The second-order valence-electron chi connectivity index (χ2n) is 14.1. The summed E-state index contributed by atoms with van der Waals surface area (Å²) in [5, 5.41) is 23.2. The first-order valence-corrected chi connectivity index (χ1v) is 18.8. The molecule has 13 N–H and O–H groups in total. The molecule has 0 bridgehead atoms. The summed E-state index contributed by atoms with van der Waals surface area (Å²) in [6.45, 7) is 0.577. The number of nitrogens with one attached hydrogen (secondary N) is 4. The van der Waals surface area contributed by atoms with Crippen LogP contribution >= 0.6 is 0 Å². The van der Waals surface area contributed by atoms with E-state index in [1.54, 1.807) is 12.1 Å². The Morgan fingerprint density at radius 1 is 0.643 bits per heavy atom. The molecule has 5 atom stereocenters. The lowest BCUT2D eigenvalue weighted by Gasteiger charge is -2.30. The minimum atomic E-state index is -1.17. The van der Waals surface area contributed by atoms with Crippen LogP contribution in [0.3, 0.4) is 0 Å². The zero-order valence-electron chi connectivity index (χ0n) is 31.2. The highest BCUT2D eigenvalue weighted by atomic mass is 16.3. The van der Waals surface area contributed by atoms with Crippen LogP contribution in [0.1, 0.15) is 49.7 Å². The molecule has 0 unspecified atom stereocenters. The first kappa shape index (κ1) is 40.8. The van der Waals surface area contributed by atoms with Crippen molar-refractivity contribution >= 4 is 52.2 Å². The predicted octanol–water partition coefficient (Wildman–Crippen LogP) is -0.618. The van der Waals surface area contributed by atoms with Crippen molar-refractivity contribution in [2.45, 2.75) is 81.6 Å². The van der Waals surface area contributed by atoms with Crippen LogP contribution in [0, 0.1) is 0 Å². The first-order chi connectivity index (χ1) is 26.9. The van der Waals surface area contributed by atoms with Gasteiger partial charge in [0.05, 0.1) is 0 Å². The van der Waals surface area contributed by atoms with Crippen LogP contribution in [-0.2, 0) is 36.8 Å². The summed E-state index contributed by atoms with van der Waals surface area (Å²) in [6, 6.07) is 14.2. The summed E-state index contributed by atoms with van der Waals surface area (Å²) >= 11 is 0. The quantitative estimate of drug-likeness (QED) is 0.0640. The summed E-state index contributed by atoms with van der Waals surface area (Å²) in [4.78, 5) is 80.3. The molecule has 2 aliphatic heterocycles. The third kappa shape index (κ3) is 11.3. The number of fused-ring (bicyclic) bond motifs is 2. The summed E-state index contributed by atoms with van der Waals surface area (Å²) in [6.07, 6.45) is 1.72. The van der Waals surface area contributed by atoms with Gasteiger partial charge in [0.25, 0.3) is 0 Å². The Balaban J connectivity index is 1.52. The number of hydrogen-bond acceptors (Lipinski definition) is 8. The predicted molar refractivity (Wildman–Crippen MR) is 212 cm³/mol. The highest BCUT2D eigenvalue weighted by Crippen LogP contribution is 2.22. The maximum atomic E-state index is 14.4. The van der Waals surface area contributed by atoms with Crippen molar-refractivity contribution in [3.8, 4) is 5.75 Å². The molecule has 2 fully saturated rings. The normalized spacial score (nSPS) is 22.1. The summed E-state index contributed by atoms with van der Waals surface area (Å²) < 4.78 is 0. The van der Waals surface area contributed by atoms with Crippen LogP contribution in [0.5, 0.6) is 5.75 Å². The molecule has 2 saturated heterocycles. The third-order valence-corrected chi connectivity index (χ3v) is 9.87. The van der Waals surface area contributed by atoms with Gasteiger partial charge in [-0.05, 0) is 72.6 Å². The summed E-state index contributed by atoms with van der Waals surface area (Å²) in [7, 11) is 0. The van der Waals surface area contributed by atoms with Gasteiger partial charge in [0.15, 0.2) is 11.9 Å². The number of aromatic hydroxyl groups is 1. The zero-order valence-corrected chi connectivity index (χ0v) is 31.2. The number of amides is 5. The van der Waals surface area contributed by atoms with Crippen LogP contribution in [0.25, 0.3) is 10.8 Å². The number of phenolic OH excluding ortho intramolecular Hbond substituents is 1. The van der Waals surface area contributed by atoms with Gasteiger partial charge in [-0.2, -0.15) is 0 Å². The average Bonchev–Trinajstić information content (AvgIpc) is 3.67. The van der Waals surface area contributed by atoms with Gasteiger partial charge in [-0.3, -0.25) is 34.0 Å². The van der Waals surface area contributed by atoms with Crippen LogP contribution in [0.2, 0.25) is 0 Å². The fourth-order valence-corrected chi connectivity index (χ4v) is 7.01. The van der Waals surface area contributed by atoms with Crippen molar-refractivity contribution in [2.75, 3.05) is 19.6 Å². The van der Waals surface area contributed by atoms with E-state index in [2.05, 4.69) is 31.3 Å². The van der Waals surface area contributed by atoms with E-state index >= 15 is 0 Å². The molecular formula is C39H51N11O6. The molecule has 0 aliphatic carbocycles. The lowest BCUT2D eigenvalue weighted by atomic mass is 10.00. The highest BCUT2D eigenvalue weighted by molar-refractivity contribution is 5.98. The molecule has 0 radical (unpaired) electrons. The highest BCUT2D eigenvalue weighted by Gasteiger charge is 2.40. The van der Waals surface area contributed by atoms with Gasteiger partial charge in [0.1, 0.15) is 36.0 Å². The van der Waals surface area contributed by atoms with Gasteiger partial charge < -0.3 is 54.2 Å². The molecule has 0 aromatic heterocycles. The molecule has 5 rings (SSSR count). The molecule has 17 heteroatoms. The monoisotopic (exact) mass is 769 g/mol. The molecule has 2 aliphatic rings. The fourth-order valence-electron chi connectivity index (χ4n) is 7.01. The van der Waals surface area contributed by atoms with Crippen molar-refractivity contribution in [2.24, 2.45) is 32.9 Å². The Hall–Kier alpha value is -6.39. The van der Waals surface area contributed by atoms with E-state index < -0.39 is 59.7 Å². The number of nitrogens with two attached hydrogens (primary N) is 4. The van der Waals surface area contributed by atoms with Crippen LogP contribution in [0.4, 0.5) is 0 Å². The number of carbonyl (C=O) groups is 5. The molecule has 0 saturated carbocycles. The van der Waals surface area contributed by atoms with Gasteiger partial charge in [0, 0.05) is 32.5 Å². The minimum Gasteiger partial charge on any atom is -0.508 e. The number of carbonyl (C=O) groups excluding carboxylic acids is 5. The smallest absolute Gasteiger partial charge is 0.246 e. The second-order valence-corrected chi connectivity index (χ2v) is 14.1. The molecule has 3 aromatic carbocycles. The number of phenols is 1. The standard InChI is InChI=1S/C39H51N11O6/c40-38(41)44-17-3-8-28-33(52)46-29(9-4-18-45-39(42)43)34(53)49-31(21-23-12-15-27(51)16-13-23)37(56)50-19-5-10-32(50)36(55)48-30(35(54)47-28)22-24-11-14-25-6-1-2-7-26(25)20-24/h1-2,6-7,11-16,20,28-32,51H,3-5,8-10,17-19,21-22H2,(H,46,52)(H,47,54)(H,48,55)(H,49,53)(H4,40,41,44)(H4,42,43,45)/t28-,29+,30-,31+,32+/m0/s1. The van der Waals surface area contributed by atoms with Crippen molar-refractivity contribution < 1.29 is 29.1 Å². The van der Waals surface area contributed by atoms with E-state index in [0.717, 1.165) is 16.3 Å². The molecule has 0 spiro atoms. The molecule has 3 aromatic rings. The summed E-state index contributed by atoms with van der Waals surface area (Å²) in [5.41, 5.74) is 23.4. The van der Waals surface area contributed by atoms with E-state index in [1.165, 1.54) is 17.0 Å². The molecule has 5 amide bonds.